The molecule has 0 bridgehead atoms. The molecule has 2 aromatic carbocycles. The third-order valence-electron chi connectivity index (χ3n) is 3.94. The lowest BCUT2D eigenvalue weighted by Crippen LogP contribution is -2.32. The summed E-state index contributed by atoms with van der Waals surface area (Å²) in [5.41, 5.74) is 4.28. The lowest BCUT2D eigenvalue weighted by atomic mass is 9.82. The molecular formula is C20H27N. The molecule has 1 unspecified atom stereocenters. The summed E-state index contributed by atoms with van der Waals surface area (Å²) in [5, 5.41) is 3.73. The van der Waals surface area contributed by atoms with Crippen LogP contribution >= 0.6 is 0 Å². The number of benzene rings is 2. The standard InChI is InChI=1S/C20H27N/c1-5-16-11-13-17(14-12-16)15-21-19(20(2,3)4)18-9-7-6-8-10-18/h6-14,19,21H,5,15H2,1-4H3. The molecule has 2 rings (SSSR count). The smallest absolute Gasteiger partial charge is 0.0372 e. The molecule has 0 heterocycles. The van der Waals surface area contributed by atoms with Crippen molar-refractivity contribution >= 4 is 0 Å². The molecule has 0 aromatic heterocycles. The first-order valence-corrected chi connectivity index (χ1v) is 7.87. The molecule has 0 saturated carbocycles. The summed E-state index contributed by atoms with van der Waals surface area (Å²) in [5.74, 6) is 0. The number of rotatable bonds is 5. The summed E-state index contributed by atoms with van der Waals surface area (Å²) in [6.45, 7) is 9.96. The summed E-state index contributed by atoms with van der Waals surface area (Å²) in [6, 6.07) is 20.0. The summed E-state index contributed by atoms with van der Waals surface area (Å²) in [4.78, 5) is 0. The van der Waals surface area contributed by atoms with Gasteiger partial charge in [0.1, 0.15) is 0 Å². The summed E-state index contributed by atoms with van der Waals surface area (Å²) in [6.07, 6.45) is 1.10. The Morgan fingerprint density at radius 2 is 1.43 bits per heavy atom. The number of nitrogens with one attached hydrogen (secondary N) is 1. The van der Waals surface area contributed by atoms with E-state index in [1.165, 1.54) is 16.7 Å². The average Bonchev–Trinajstić information content (AvgIpc) is 2.48. The van der Waals surface area contributed by atoms with Gasteiger partial charge in [0.2, 0.25) is 0 Å². The molecule has 2 aromatic rings. The molecule has 0 aliphatic carbocycles. The van der Waals surface area contributed by atoms with Crippen molar-refractivity contribution in [1.29, 1.82) is 0 Å². The van der Waals surface area contributed by atoms with E-state index in [4.69, 9.17) is 0 Å². The predicted molar refractivity (Wildman–Crippen MR) is 91.3 cm³/mol. The Morgan fingerprint density at radius 1 is 0.857 bits per heavy atom. The van der Waals surface area contributed by atoms with Crippen LogP contribution in [0.2, 0.25) is 0 Å². The second kappa shape index (κ2) is 6.91. The van der Waals surface area contributed by atoms with Gasteiger partial charge in [-0.15, -0.1) is 0 Å². The van der Waals surface area contributed by atoms with Crippen LogP contribution in [-0.4, -0.2) is 0 Å². The molecule has 1 heteroatoms. The third kappa shape index (κ3) is 4.44. The molecule has 21 heavy (non-hydrogen) atoms. The van der Waals surface area contributed by atoms with Crippen LogP contribution in [0.5, 0.6) is 0 Å². The van der Waals surface area contributed by atoms with Gasteiger partial charge in [-0.1, -0.05) is 82.3 Å². The number of hydrogen-bond acceptors (Lipinski definition) is 1. The van der Waals surface area contributed by atoms with Gasteiger partial charge in [0.05, 0.1) is 0 Å². The molecule has 0 aliphatic rings. The summed E-state index contributed by atoms with van der Waals surface area (Å²) in [7, 11) is 0. The summed E-state index contributed by atoms with van der Waals surface area (Å²) < 4.78 is 0. The van der Waals surface area contributed by atoms with Crippen molar-refractivity contribution in [3.8, 4) is 0 Å². The largest absolute Gasteiger partial charge is 0.305 e. The van der Waals surface area contributed by atoms with Gasteiger partial charge in [0.25, 0.3) is 0 Å². The van der Waals surface area contributed by atoms with Crippen molar-refractivity contribution in [2.45, 2.75) is 46.7 Å². The minimum Gasteiger partial charge on any atom is -0.305 e. The Labute approximate surface area is 129 Å². The van der Waals surface area contributed by atoms with Gasteiger partial charge in [0, 0.05) is 12.6 Å². The zero-order valence-corrected chi connectivity index (χ0v) is 13.7. The third-order valence-corrected chi connectivity index (χ3v) is 3.94. The topological polar surface area (TPSA) is 12.0 Å². The van der Waals surface area contributed by atoms with Gasteiger partial charge in [-0.3, -0.25) is 0 Å². The first kappa shape index (κ1) is 15.8. The lowest BCUT2D eigenvalue weighted by molar-refractivity contribution is 0.271. The fourth-order valence-electron chi connectivity index (χ4n) is 2.68. The average molecular weight is 281 g/mol. The van der Waals surface area contributed by atoms with Gasteiger partial charge in [-0.2, -0.15) is 0 Å². The van der Waals surface area contributed by atoms with Crippen LogP contribution in [0.15, 0.2) is 54.6 Å². The predicted octanol–water partition coefficient (Wildman–Crippen LogP) is 5.13. The number of hydrogen-bond donors (Lipinski definition) is 1. The molecule has 1 atom stereocenters. The van der Waals surface area contributed by atoms with E-state index in [1.54, 1.807) is 0 Å². The molecular weight excluding hydrogens is 254 g/mol. The van der Waals surface area contributed by atoms with Gasteiger partial charge < -0.3 is 5.32 Å². The highest BCUT2D eigenvalue weighted by Crippen LogP contribution is 2.32. The normalized spacial score (nSPS) is 13.1. The highest BCUT2D eigenvalue weighted by atomic mass is 14.9. The van der Waals surface area contributed by atoms with E-state index in [0.717, 1.165) is 13.0 Å². The molecule has 1 N–H and O–H groups in total. The first-order valence-electron chi connectivity index (χ1n) is 7.87. The fourth-order valence-corrected chi connectivity index (χ4v) is 2.68. The molecule has 112 valence electrons. The second-order valence-corrected chi connectivity index (χ2v) is 6.76. The SMILES string of the molecule is CCc1ccc(CNC(c2ccccc2)C(C)(C)C)cc1. The minimum atomic E-state index is 0.185. The molecule has 0 saturated heterocycles. The van der Waals surface area contributed by atoms with Gasteiger partial charge in [-0.05, 0) is 28.5 Å². The zero-order valence-electron chi connectivity index (χ0n) is 13.7. The van der Waals surface area contributed by atoms with E-state index < -0.39 is 0 Å². The van der Waals surface area contributed by atoms with Crippen LogP contribution in [0.4, 0.5) is 0 Å². The monoisotopic (exact) mass is 281 g/mol. The van der Waals surface area contributed by atoms with E-state index in [9.17, 15) is 0 Å². The van der Waals surface area contributed by atoms with E-state index in [0.29, 0.717) is 6.04 Å². The van der Waals surface area contributed by atoms with Crippen molar-refractivity contribution < 1.29 is 0 Å². The van der Waals surface area contributed by atoms with Crippen molar-refractivity contribution in [3.05, 3.63) is 71.3 Å². The fraction of sp³-hybridized carbons (Fsp3) is 0.400. The van der Waals surface area contributed by atoms with Crippen LogP contribution in [0.3, 0.4) is 0 Å². The Balaban J connectivity index is 2.09. The zero-order chi connectivity index (χ0) is 15.3. The van der Waals surface area contributed by atoms with Crippen LogP contribution in [0.1, 0.15) is 50.4 Å². The maximum Gasteiger partial charge on any atom is 0.0372 e. The van der Waals surface area contributed by atoms with Crippen LogP contribution < -0.4 is 5.32 Å². The quantitative estimate of drug-likeness (QED) is 0.801. The van der Waals surface area contributed by atoms with Crippen LogP contribution in [-0.2, 0) is 13.0 Å². The van der Waals surface area contributed by atoms with Crippen LogP contribution in [0.25, 0.3) is 0 Å². The van der Waals surface area contributed by atoms with Crippen molar-refractivity contribution in [1.82, 2.24) is 5.32 Å². The van der Waals surface area contributed by atoms with E-state index in [1.807, 2.05) is 0 Å². The van der Waals surface area contributed by atoms with Crippen LogP contribution in [0, 0.1) is 5.41 Å². The molecule has 0 radical (unpaired) electrons. The number of aryl methyl sites for hydroxylation is 1. The lowest BCUT2D eigenvalue weighted by Gasteiger charge is -2.32. The maximum atomic E-state index is 3.73. The van der Waals surface area contributed by atoms with Gasteiger partial charge in [-0.25, -0.2) is 0 Å². The highest BCUT2D eigenvalue weighted by molar-refractivity contribution is 5.24. The van der Waals surface area contributed by atoms with Crippen molar-refractivity contribution in [3.63, 3.8) is 0 Å². The first-order chi connectivity index (χ1) is 10.0. The molecule has 0 aliphatic heterocycles. The Morgan fingerprint density at radius 3 is 1.95 bits per heavy atom. The minimum absolute atomic E-state index is 0.185. The van der Waals surface area contributed by atoms with E-state index >= 15 is 0 Å². The maximum absolute atomic E-state index is 3.73. The van der Waals surface area contributed by atoms with Crippen molar-refractivity contribution in [2.24, 2.45) is 5.41 Å². The second-order valence-electron chi connectivity index (χ2n) is 6.76. The Bertz CT molecular complexity index is 534. The Kier molecular flexibility index (Phi) is 5.19. The highest BCUT2D eigenvalue weighted by Gasteiger charge is 2.25. The molecule has 0 amide bonds. The summed E-state index contributed by atoms with van der Waals surface area (Å²) >= 11 is 0. The van der Waals surface area contributed by atoms with Gasteiger partial charge >= 0.3 is 0 Å². The Hall–Kier alpha value is -1.60. The molecule has 0 spiro atoms. The van der Waals surface area contributed by atoms with Crippen molar-refractivity contribution in [2.75, 3.05) is 0 Å². The molecule has 1 nitrogen and oxygen atoms in total. The molecule has 0 fully saturated rings. The van der Waals surface area contributed by atoms with E-state index in [-0.39, 0.29) is 5.41 Å². The van der Waals surface area contributed by atoms with Gasteiger partial charge in [0.15, 0.2) is 0 Å². The van der Waals surface area contributed by atoms with E-state index in [2.05, 4.69) is 87.6 Å².